The van der Waals surface area contributed by atoms with Crippen LogP contribution in [0.3, 0.4) is 0 Å². The van der Waals surface area contributed by atoms with Gasteiger partial charge in [-0.05, 0) is 75.5 Å². The largest absolute Gasteiger partial charge is 0.361 e. The number of amides is 2. The molecule has 3 unspecified atom stereocenters. The SMILES string of the molecule is CCC(=O)CCC(CCC(C=O)NC(=O)[C@@H](NC(=O)[C@@H](N)Cc1c[nH]c2ccccc12)[C@@H](C)CC)C1(C)CCCCN1. The Labute approximate surface area is 250 Å². The monoisotopic (exact) mass is 581 g/mol. The van der Waals surface area contributed by atoms with Crippen LogP contribution in [0.1, 0.15) is 91.0 Å². The van der Waals surface area contributed by atoms with Crippen LogP contribution in [-0.2, 0) is 25.6 Å². The van der Waals surface area contributed by atoms with E-state index in [1.54, 1.807) is 0 Å². The fraction of sp³-hybridized carbons (Fsp3) is 0.636. The van der Waals surface area contributed by atoms with Crippen molar-refractivity contribution in [3.8, 4) is 0 Å². The summed E-state index contributed by atoms with van der Waals surface area (Å²) in [5, 5.41) is 10.4. The van der Waals surface area contributed by atoms with Crippen LogP contribution in [0.5, 0.6) is 0 Å². The van der Waals surface area contributed by atoms with Gasteiger partial charge in [-0.3, -0.25) is 14.4 Å². The molecule has 9 heteroatoms. The number of aromatic amines is 1. The molecule has 0 spiro atoms. The summed E-state index contributed by atoms with van der Waals surface area (Å²) in [5.74, 6) is -0.483. The predicted molar refractivity (Wildman–Crippen MR) is 167 cm³/mol. The molecule has 9 nitrogen and oxygen atoms in total. The number of benzene rings is 1. The second-order valence-electron chi connectivity index (χ2n) is 12.3. The zero-order valence-corrected chi connectivity index (χ0v) is 25.8. The van der Waals surface area contributed by atoms with E-state index in [4.69, 9.17) is 5.73 Å². The molecule has 0 saturated carbocycles. The van der Waals surface area contributed by atoms with E-state index in [1.165, 1.54) is 0 Å². The van der Waals surface area contributed by atoms with Crippen LogP contribution < -0.4 is 21.7 Å². The Morgan fingerprint density at radius 1 is 1.07 bits per heavy atom. The molecule has 1 aromatic heterocycles. The van der Waals surface area contributed by atoms with Crippen LogP contribution in [0.4, 0.5) is 0 Å². The van der Waals surface area contributed by atoms with Gasteiger partial charge in [0.25, 0.3) is 0 Å². The Morgan fingerprint density at radius 3 is 2.50 bits per heavy atom. The second kappa shape index (κ2) is 16.0. The van der Waals surface area contributed by atoms with Crippen molar-refractivity contribution >= 4 is 34.8 Å². The molecule has 42 heavy (non-hydrogen) atoms. The maximum atomic E-state index is 13.4. The molecular weight excluding hydrogens is 530 g/mol. The summed E-state index contributed by atoms with van der Waals surface area (Å²) >= 11 is 0. The van der Waals surface area contributed by atoms with E-state index in [1.807, 2.05) is 51.2 Å². The molecule has 2 aromatic rings. The number of aromatic nitrogens is 1. The lowest BCUT2D eigenvalue weighted by Gasteiger charge is -2.42. The standard InChI is InChI=1S/C33H51N5O4/c1-5-22(3)30(38-31(41)28(34)19-23-20-35-29-12-8-7-11-27(23)29)32(42)37-25(21-39)15-13-24(14-16-26(40)6-2)33(4)17-9-10-18-36-33/h7-8,11-12,20-22,24-25,28,30,35-36H,5-6,9-10,13-19,34H2,1-4H3,(H,37,42)(H,38,41)/t22-,24?,25?,28-,30-,33?/m0/s1. The summed E-state index contributed by atoms with van der Waals surface area (Å²) in [7, 11) is 0. The maximum Gasteiger partial charge on any atom is 0.243 e. The smallest absolute Gasteiger partial charge is 0.243 e. The van der Waals surface area contributed by atoms with Gasteiger partial charge >= 0.3 is 0 Å². The van der Waals surface area contributed by atoms with E-state index in [9.17, 15) is 19.2 Å². The fourth-order valence-electron chi connectivity index (χ4n) is 6.14. The topological polar surface area (TPSA) is 146 Å². The number of carbonyl (C=O) groups is 4. The number of ketones is 1. The zero-order valence-electron chi connectivity index (χ0n) is 25.8. The normalized spacial score (nSPS) is 20.7. The number of nitrogens with one attached hydrogen (secondary N) is 4. The Morgan fingerprint density at radius 2 is 1.83 bits per heavy atom. The first-order valence-corrected chi connectivity index (χ1v) is 15.7. The van der Waals surface area contributed by atoms with Gasteiger partial charge in [-0.2, -0.15) is 0 Å². The van der Waals surface area contributed by atoms with Gasteiger partial charge in [0.05, 0.1) is 12.1 Å². The van der Waals surface area contributed by atoms with Gasteiger partial charge in [0.15, 0.2) is 0 Å². The molecule has 1 saturated heterocycles. The minimum atomic E-state index is -0.833. The predicted octanol–water partition coefficient (Wildman–Crippen LogP) is 3.94. The molecule has 1 aliphatic heterocycles. The van der Waals surface area contributed by atoms with Gasteiger partial charge in [-0.25, -0.2) is 0 Å². The van der Waals surface area contributed by atoms with Crippen LogP contribution in [0.25, 0.3) is 10.9 Å². The van der Waals surface area contributed by atoms with Gasteiger partial charge in [-0.15, -0.1) is 0 Å². The number of H-pyrrole nitrogens is 1. The summed E-state index contributed by atoms with van der Waals surface area (Å²) in [6.45, 7) is 8.91. The molecule has 3 rings (SSSR count). The molecule has 0 bridgehead atoms. The number of nitrogens with two attached hydrogens (primary N) is 1. The highest BCUT2D eigenvalue weighted by Gasteiger charge is 2.36. The molecule has 0 radical (unpaired) electrons. The molecule has 2 amide bonds. The first-order valence-electron chi connectivity index (χ1n) is 15.7. The van der Waals surface area contributed by atoms with Crippen molar-refractivity contribution in [2.24, 2.45) is 17.6 Å². The van der Waals surface area contributed by atoms with E-state index in [0.717, 1.165) is 55.0 Å². The third-order valence-electron chi connectivity index (χ3n) is 9.28. The molecule has 1 aromatic carbocycles. The van der Waals surface area contributed by atoms with Crippen LogP contribution in [0, 0.1) is 11.8 Å². The van der Waals surface area contributed by atoms with Gasteiger partial charge in [0.2, 0.25) is 11.8 Å². The number of hydrogen-bond acceptors (Lipinski definition) is 6. The number of fused-ring (bicyclic) bond motifs is 1. The highest BCUT2D eigenvalue weighted by molar-refractivity contribution is 5.91. The minimum Gasteiger partial charge on any atom is -0.361 e. The summed E-state index contributed by atoms with van der Waals surface area (Å²) < 4.78 is 0. The van der Waals surface area contributed by atoms with Crippen LogP contribution >= 0.6 is 0 Å². The Bertz CT molecular complexity index is 1190. The van der Waals surface area contributed by atoms with Crippen molar-refractivity contribution in [3.05, 3.63) is 36.0 Å². The van der Waals surface area contributed by atoms with Crippen molar-refractivity contribution in [1.29, 1.82) is 0 Å². The summed E-state index contributed by atoms with van der Waals surface area (Å²) in [6.07, 6.45) is 9.92. The summed E-state index contributed by atoms with van der Waals surface area (Å²) in [5.41, 5.74) is 8.11. The number of aldehydes is 1. The van der Waals surface area contributed by atoms with Crippen molar-refractivity contribution in [2.75, 3.05) is 6.54 Å². The molecular formula is C33H51N5O4. The van der Waals surface area contributed by atoms with Crippen molar-refractivity contribution in [3.63, 3.8) is 0 Å². The number of rotatable bonds is 17. The third kappa shape index (κ3) is 8.98. The van der Waals surface area contributed by atoms with Crippen LogP contribution in [0.15, 0.2) is 30.5 Å². The molecule has 1 fully saturated rings. The van der Waals surface area contributed by atoms with Crippen molar-refractivity contribution in [2.45, 2.75) is 116 Å². The molecule has 2 heterocycles. The molecule has 6 N–H and O–H groups in total. The van der Waals surface area contributed by atoms with Crippen molar-refractivity contribution < 1.29 is 19.2 Å². The number of Topliss-reactive ketones (excluding diaryl/α,β-unsaturated/α-hetero) is 1. The Kier molecular flexibility index (Phi) is 12.7. The first kappa shape index (κ1) is 33.5. The van der Waals surface area contributed by atoms with E-state index in [-0.39, 0.29) is 29.1 Å². The molecule has 232 valence electrons. The second-order valence-corrected chi connectivity index (χ2v) is 12.3. The quantitative estimate of drug-likeness (QED) is 0.179. The average Bonchev–Trinajstić information content (AvgIpc) is 3.40. The maximum absolute atomic E-state index is 13.4. The zero-order chi connectivity index (χ0) is 30.7. The summed E-state index contributed by atoms with van der Waals surface area (Å²) in [6, 6.07) is 5.51. The van der Waals surface area contributed by atoms with E-state index in [0.29, 0.717) is 38.5 Å². The number of para-hydroxylation sites is 1. The van der Waals surface area contributed by atoms with Crippen molar-refractivity contribution in [1.82, 2.24) is 20.9 Å². The minimum absolute atomic E-state index is 0.0993. The van der Waals surface area contributed by atoms with E-state index in [2.05, 4.69) is 27.9 Å². The molecule has 6 atom stereocenters. The lowest BCUT2D eigenvalue weighted by molar-refractivity contribution is -0.132. The van der Waals surface area contributed by atoms with Gasteiger partial charge in [0.1, 0.15) is 18.1 Å². The van der Waals surface area contributed by atoms with Crippen LogP contribution in [-0.4, -0.2) is 59.1 Å². The van der Waals surface area contributed by atoms with Crippen LogP contribution in [0.2, 0.25) is 0 Å². The van der Waals surface area contributed by atoms with Gasteiger partial charge in [0, 0.05) is 35.5 Å². The summed E-state index contributed by atoms with van der Waals surface area (Å²) in [4.78, 5) is 54.0. The molecule has 0 aliphatic carbocycles. The van der Waals surface area contributed by atoms with Gasteiger partial charge in [-0.1, -0.05) is 51.8 Å². The first-order chi connectivity index (χ1) is 20.1. The van der Waals surface area contributed by atoms with E-state index >= 15 is 0 Å². The number of piperidine rings is 1. The highest BCUT2D eigenvalue weighted by atomic mass is 16.2. The lowest BCUT2D eigenvalue weighted by atomic mass is 9.74. The number of carbonyl (C=O) groups excluding carboxylic acids is 4. The fourth-order valence-corrected chi connectivity index (χ4v) is 6.14. The Hall–Kier alpha value is -3.04. The third-order valence-corrected chi connectivity index (χ3v) is 9.28. The van der Waals surface area contributed by atoms with E-state index < -0.39 is 24.0 Å². The Balaban J connectivity index is 1.63. The average molecular weight is 582 g/mol. The lowest BCUT2D eigenvalue weighted by Crippen LogP contribution is -2.56. The van der Waals surface area contributed by atoms with Gasteiger partial charge < -0.3 is 31.5 Å². The highest BCUT2D eigenvalue weighted by Crippen LogP contribution is 2.34. The number of hydrogen-bond donors (Lipinski definition) is 5. The molecule has 1 aliphatic rings.